The van der Waals surface area contributed by atoms with Crippen LogP contribution in [0.3, 0.4) is 0 Å². The van der Waals surface area contributed by atoms with Gasteiger partial charge in [-0.2, -0.15) is 0 Å². The second-order valence-electron chi connectivity index (χ2n) is 6.19. The minimum atomic E-state index is -0.233. The first-order valence-electron chi connectivity index (χ1n) is 8.61. The van der Waals surface area contributed by atoms with Gasteiger partial charge in [0.2, 0.25) is 5.91 Å². The van der Waals surface area contributed by atoms with E-state index in [1.807, 2.05) is 35.4 Å². The molecule has 0 fully saturated rings. The number of benzene rings is 2. The number of nitrogens with one attached hydrogen (secondary N) is 1. The maximum atomic E-state index is 12.6. The Bertz CT molecular complexity index is 854. The monoisotopic (exact) mass is 388 g/mol. The lowest BCUT2D eigenvalue weighted by molar-refractivity contribution is -0.118. The molecule has 0 spiro atoms. The van der Waals surface area contributed by atoms with Crippen LogP contribution in [-0.4, -0.2) is 24.6 Å². The first-order chi connectivity index (χ1) is 12.5. The van der Waals surface area contributed by atoms with E-state index in [4.69, 9.17) is 11.6 Å². The Hall–Kier alpha value is -1.98. The standard InChI is InChI=1S/C20H21ClN2O2S/c1-3-10-23-18-8-5-14(11-13(18)4-9-19(23)24)22-20(25)16-12-15(26-2)6-7-17(16)21/h5-8,11-12H,3-4,9-10H2,1-2H3,(H,22,25). The number of halogens is 1. The van der Waals surface area contributed by atoms with Crippen molar-refractivity contribution in [1.82, 2.24) is 0 Å². The van der Waals surface area contributed by atoms with Crippen molar-refractivity contribution in [3.05, 3.63) is 52.5 Å². The quantitative estimate of drug-likeness (QED) is 0.733. The van der Waals surface area contributed by atoms with Crippen LogP contribution in [0, 0.1) is 0 Å². The highest BCUT2D eigenvalue weighted by molar-refractivity contribution is 7.98. The summed E-state index contributed by atoms with van der Waals surface area (Å²) < 4.78 is 0. The molecule has 1 N–H and O–H groups in total. The van der Waals surface area contributed by atoms with Crippen molar-refractivity contribution in [2.45, 2.75) is 31.1 Å². The van der Waals surface area contributed by atoms with Crippen molar-refractivity contribution in [3.63, 3.8) is 0 Å². The van der Waals surface area contributed by atoms with Crippen molar-refractivity contribution in [1.29, 1.82) is 0 Å². The molecule has 26 heavy (non-hydrogen) atoms. The molecule has 2 aromatic rings. The van der Waals surface area contributed by atoms with Gasteiger partial charge in [0.15, 0.2) is 0 Å². The van der Waals surface area contributed by atoms with Crippen LogP contribution in [0.4, 0.5) is 11.4 Å². The highest BCUT2D eigenvalue weighted by atomic mass is 35.5. The van der Waals surface area contributed by atoms with E-state index in [0.717, 1.165) is 22.6 Å². The van der Waals surface area contributed by atoms with Crippen molar-refractivity contribution in [2.24, 2.45) is 0 Å². The van der Waals surface area contributed by atoms with Gasteiger partial charge in [-0.05, 0) is 61.1 Å². The molecule has 0 saturated heterocycles. The van der Waals surface area contributed by atoms with Crippen LogP contribution in [0.15, 0.2) is 41.3 Å². The molecular weight excluding hydrogens is 368 g/mol. The van der Waals surface area contributed by atoms with E-state index in [0.29, 0.717) is 35.7 Å². The Labute approximate surface area is 162 Å². The van der Waals surface area contributed by atoms with E-state index in [1.165, 1.54) is 0 Å². The van der Waals surface area contributed by atoms with Gasteiger partial charge >= 0.3 is 0 Å². The highest BCUT2D eigenvalue weighted by Crippen LogP contribution is 2.31. The molecule has 0 unspecified atom stereocenters. The number of fused-ring (bicyclic) bond motifs is 1. The van der Waals surface area contributed by atoms with Gasteiger partial charge in [0.05, 0.1) is 10.6 Å². The summed E-state index contributed by atoms with van der Waals surface area (Å²) in [6.45, 7) is 2.78. The number of anilines is 2. The molecule has 0 saturated carbocycles. The Morgan fingerprint density at radius 2 is 2.04 bits per heavy atom. The van der Waals surface area contributed by atoms with E-state index in [9.17, 15) is 9.59 Å². The molecule has 3 rings (SSSR count). The molecule has 0 radical (unpaired) electrons. The van der Waals surface area contributed by atoms with E-state index in [2.05, 4.69) is 12.2 Å². The topological polar surface area (TPSA) is 49.4 Å². The molecule has 1 aliphatic rings. The van der Waals surface area contributed by atoms with Gasteiger partial charge in [-0.1, -0.05) is 18.5 Å². The Morgan fingerprint density at radius 3 is 2.77 bits per heavy atom. The van der Waals surface area contributed by atoms with Gasteiger partial charge in [0, 0.05) is 29.2 Å². The van der Waals surface area contributed by atoms with E-state index < -0.39 is 0 Å². The van der Waals surface area contributed by atoms with Crippen LogP contribution < -0.4 is 10.2 Å². The summed E-state index contributed by atoms with van der Waals surface area (Å²) in [6, 6.07) is 11.1. The Balaban J connectivity index is 1.83. The maximum Gasteiger partial charge on any atom is 0.257 e. The van der Waals surface area contributed by atoms with Crippen LogP contribution in [0.2, 0.25) is 5.02 Å². The average Bonchev–Trinajstić information content (AvgIpc) is 2.64. The maximum absolute atomic E-state index is 12.6. The van der Waals surface area contributed by atoms with E-state index in [-0.39, 0.29) is 11.8 Å². The predicted molar refractivity (Wildman–Crippen MR) is 109 cm³/mol. The fraction of sp³-hybridized carbons (Fsp3) is 0.300. The molecular formula is C20H21ClN2O2S. The molecule has 4 nitrogen and oxygen atoms in total. The van der Waals surface area contributed by atoms with Crippen molar-refractivity contribution in [2.75, 3.05) is 23.0 Å². The summed E-state index contributed by atoms with van der Waals surface area (Å²) in [7, 11) is 0. The lowest BCUT2D eigenvalue weighted by Gasteiger charge is -2.29. The van der Waals surface area contributed by atoms with Gasteiger partial charge in [-0.3, -0.25) is 9.59 Å². The van der Waals surface area contributed by atoms with Gasteiger partial charge < -0.3 is 10.2 Å². The lowest BCUT2D eigenvalue weighted by atomic mass is 10.00. The van der Waals surface area contributed by atoms with Crippen LogP contribution in [0.25, 0.3) is 0 Å². The zero-order valence-corrected chi connectivity index (χ0v) is 16.4. The first kappa shape index (κ1) is 18.8. The third kappa shape index (κ3) is 3.89. The zero-order chi connectivity index (χ0) is 18.7. The van der Waals surface area contributed by atoms with Crippen molar-refractivity contribution >= 4 is 46.6 Å². The van der Waals surface area contributed by atoms with Crippen LogP contribution in [0.1, 0.15) is 35.7 Å². The SMILES string of the molecule is CCCN1C(=O)CCc2cc(NC(=O)c3cc(SC)ccc3Cl)ccc21. The summed E-state index contributed by atoms with van der Waals surface area (Å²) in [5, 5.41) is 3.35. The Kier molecular flexibility index (Phi) is 5.89. The lowest BCUT2D eigenvalue weighted by Crippen LogP contribution is -2.35. The summed E-state index contributed by atoms with van der Waals surface area (Å²) in [5.74, 6) is -0.0695. The normalized spacial score (nSPS) is 13.5. The van der Waals surface area contributed by atoms with Crippen LogP contribution >= 0.6 is 23.4 Å². The number of hydrogen-bond donors (Lipinski definition) is 1. The van der Waals surface area contributed by atoms with Gasteiger partial charge in [-0.25, -0.2) is 0 Å². The van der Waals surface area contributed by atoms with Crippen molar-refractivity contribution < 1.29 is 9.59 Å². The third-order valence-corrected chi connectivity index (χ3v) is 5.46. The molecule has 0 atom stereocenters. The molecule has 2 aromatic carbocycles. The van der Waals surface area contributed by atoms with E-state index >= 15 is 0 Å². The number of thioether (sulfide) groups is 1. The van der Waals surface area contributed by atoms with Gasteiger partial charge in [-0.15, -0.1) is 11.8 Å². The number of aryl methyl sites for hydroxylation is 1. The zero-order valence-electron chi connectivity index (χ0n) is 14.8. The molecule has 1 heterocycles. The van der Waals surface area contributed by atoms with Gasteiger partial charge in [0.25, 0.3) is 5.91 Å². The molecule has 6 heteroatoms. The second kappa shape index (κ2) is 8.14. The summed E-state index contributed by atoms with van der Waals surface area (Å²) in [5.41, 5.74) is 3.20. The summed E-state index contributed by atoms with van der Waals surface area (Å²) >= 11 is 7.75. The molecule has 136 valence electrons. The second-order valence-corrected chi connectivity index (χ2v) is 7.48. The minimum absolute atomic E-state index is 0.164. The third-order valence-electron chi connectivity index (χ3n) is 4.40. The highest BCUT2D eigenvalue weighted by Gasteiger charge is 2.23. The number of carbonyl (C=O) groups is 2. The fourth-order valence-corrected chi connectivity index (χ4v) is 3.75. The molecule has 0 aromatic heterocycles. The number of nitrogens with zero attached hydrogens (tertiary/aromatic N) is 1. The fourth-order valence-electron chi connectivity index (χ4n) is 3.11. The average molecular weight is 389 g/mol. The van der Waals surface area contributed by atoms with Crippen LogP contribution in [-0.2, 0) is 11.2 Å². The van der Waals surface area contributed by atoms with Crippen LogP contribution in [0.5, 0.6) is 0 Å². The Morgan fingerprint density at radius 1 is 1.23 bits per heavy atom. The number of amides is 2. The first-order valence-corrected chi connectivity index (χ1v) is 10.2. The van der Waals surface area contributed by atoms with E-state index in [1.54, 1.807) is 23.9 Å². The summed E-state index contributed by atoms with van der Waals surface area (Å²) in [4.78, 5) is 27.6. The summed E-state index contributed by atoms with van der Waals surface area (Å²) in [6.07, 6.45) is 4.07. The molecule has 0 aliphatic carbocycles. The number of carbonyl (C=O) groups excluding carboxylic acids is 2. The predicted octanol–water partition coefficient (Wildman–Crippen LogP) is 5.00. The molecule has 0 bridgehead atoms. The number of rotatable bonds is 5. The molecule has 1 aliphatic heterocycles. The minimum Gasteiger partial charge on any atom is -0.322 e. The van der Waals surface area contributed by atoms with Crippen molar-refractivity contribution in [3.8, 4) is 0 Å². The largest absolute Gasteiger partial charge is 0.322 e. The number of hydrogen-bond acceptors (Lipinski definition) is 3. The smallest absolute Gasteiger partial charge is 0.257 e. The molecule has 2 amide bonds. The van der Waals surface area contributed by atoms with Gasteiger partial charge in [0.1, 0.15) is 0 Å².